The second-order valence-corrected chi connectivity index (χ2v) is 8.43. The zero-order valence-corrected chi connectivity index (χ0v) is 16.5. The number of fused-ring (bicyclic) bond motifs is 2. The summed E-state index contributed by atoms with van der Waals surface area (Å²) in [4.78, 5) is 0. The van der Waals surface area contributed by atoms with Crippen LogP contribution >= 0.6 is 0 Å². The van der Waals surface area contributed by atoms with Gasteiger partial charge in [-0.05, 0) is 59.9 Å². The van der Waals surface area contributed by atoms with Crippen LogP contribution < -0.4 is 0 Å². The van der Waals surface area contributed by atoms with Gasteiger partial charge in [0.1, 0.15) is 0 Å². The standard InChI is InChI=1S/C28H28/c1-2-3-11-22-20-27(25-17-8-7-16-24(22)25)28(23-14-5-6-15-23)19-10-13-21-12-4-9-18-26(21)28/h2,4-9,12,14-18,20,23,27H,1,3,10-11,13,19H2. The quantitative estimate of drug-likeness (QED) is 0.494. The molecule has 3 aliphatic carbocycles. The number of rotatable bonds is 5. The van der Waals surface area contributed by atoms with Crippen molar-refractivity contribution >= 4 is 5.57 Å². The van der Waals surface area contributed by atoms with Gasteiger partial charge in [0, 0.05) is 17.3 Å². The van der Waals surface area contributed by atoms with Crippen LogP contribution in [0.5, 0.6) is 0 Å². The van der Waals surface area contributed by atoms with Gasteiger partial charge in [-0.25, -0.2) is 0 Å². The minimum Gasteiger partial charge on any atom is -0.103 e. The maximum Gasteiger partial charge on any atom is 0.0157 e. The highest BCUT2D eigenvalue weighted by atomic mass is 14.5. The summed E-state index contributed by atoms with van der Waals surface area (Å²) in [5, 5.41) is 0. The summed E-state index contributed by atoms with van der Waals surface area (Å²) in [7, 11) is 0. The van der Waals surface area contributed by atoms with Crippen molar-refractivity contribution in [2.75, 3.05) is 0 Å². The molecule has 0 saturated heterocycles. The van der Waals surface area contributed by atoms with Crippen molar-refractivity contribution in [2.45, 2.75) is 43.4 Å². The van der Waals surface area contributed by atoms with Gasteiger partial charge < -0.3 is 0 Å². The van der Waals surface area contributed by atoms with Crippen molar-refractivity contribution in [3.8, 4) is 0 Å². The lowest BCUT2D eigenvalue weighted by Gasteiger charge is -2.47. The van der Waals surface area contributed by atoms with Gasteiger partial charge >= 0.3 is 0 Å². The Kier molecular flexibility index (Phi) is 4.43. The number of allylic oxidation sites excluding steroid dienone is 7. The molecule has 0 heteroatoms. The minimum atomic E-state index is 0.115. The molecule has 28 heavy (non-hydrogen) atoms. The molecule has 2 unspecified atom stereocenters. The molecular formula is C28H28. The molecule has 0 aromatic heterocycles. The first kappa shape index (κ1) is 17.5. The largest absolute Gasteiger partial charge is 0.103 e. The van der Waals surface area contributed by atoms with Gasteiger partial charge in [0.05, 0.1) is 0 Å². The monoisotopic (exact) mass is 364 g/mol. The molecule has 2 aromatic rings. The number of hydrogen-bond donors (Lipinski definition) is 0. The Morgan fingerprint density at radius 3 is 2.64 bits per heavy atom. The van der Waals surface area contributed by atoms with Crippen molar-refractivity contribution in [1.82, 2.24) is 0 Å². The van der Waals surface area contributed by atoms with Crippen molar-refractivity contribution in [2.24, 2.45) is 5.92 Å². The summed E-state index contributed by atoms with van der Waals surface area (Å²) < 4.78 is 0. The molecule has 0 radical (unpaired) electrons. The predicted octanol–water partition coefficient (Wildman–Crippen LogP) is 7.15. The maximum absolute atomic E-state index is 3.95. The van der Waals surface area contributed by atoms with Crippen LogP contribution in [0.25, 0.3) is 5.57 Å². The van der Waals surface area contributed by atoms with Crippen molar-refractivity contribution in [3.05, 3.63) is 114 Å². The third-order valence-electron chi connectivity index (χ3n) is 7.08. The van der Waals surface area contributed by atoms with Crippen molar-refractivity contribution in [1.29, 1.82) is 0 Å². The minimum absolute atomic E-state index is 0.115. The molecule has 0 aliphatic heterocycles. The van der Waals surface area contributed by atoms with E-state index in [2.05, 4.69) is 85.5 Å². The third-order valence-corrected chi connectivity index (χ3v) is 7.08. The number of aryl methyl sites for hydroxylation is 1. The molecule has 0 heterocycles. The van der Waals surface area contributed by atoms with Gasteiger partial charge in [-0.3, -0.25) is 0 Å². The number of benzene rings is 2. The fourth-order valence-electron chi connectivity index (χ4n) is 5.89. The van der Waals surface area contributed by atoms with Crippen LogP contribution in [0.4, 0.5) is 0 Å². The SMILES string of the molecule is C=CCCC1=CC(C2(C3C=CC=C3)CCCc3ccccc32)c2ccccc21. The van der Waals surface area contributed by atoms with Crippen LogP contribution in [0.1, 0.15) is 53.9 Å². The summed E-state index contributed by atoms with van der Waals surface area (Å²) in [6, 6.07) is 18.3. The molecule has 140 valence electrons. The first-order valence-corrected chi connectivity index (χ1v) is 10.7. The Hall–Kier alpha value is -2.60. The molecule has 0 saturated carbocycles. The van der Waals surface area contributed by atoms with Crippen LogP contribution in [0.15, 0.2) is 91.6 Å². The summed E-state index contributed by atoms with van der Waals surface area (Å²) in [5.74, 6) is 0.893. The fourth-order valence-corrected chi connectivity index (χ4v) is 5.89. The Balaban J connectivity index is 1.72. The van der Waals surface area contributed by atoms with E-state index in [0.29, 0.717) is 11.8 Å². The number of hydrogen-bond acceptors (Lipinski definition) is 0. The van der Waals surface area contributed by atoms with E-state index in [1.54, 1.807) is 11.1 Å². The molecule has 0 amide bonds. The molecule has 0 fully saturated rings. The van der Waals surface area contributed by atoms with E-state index in [0.717, 1.165) is 12.8 Å². The lowest BCUT2D eigenvalue weighted by Crippen LogP contribution is -2.41. The highest BCUT2D eigenvalue weighted by Crippen LogP contribution is 2.57. The Morgan fingerprint density at radius 2 is 1.79 bits per heavy atom. The first-order chi connectivity index (χ1) is 13.8. The summed E-state index contributed by atoms with van der Waals surface area (Å²) >= 11 is 0. The van der Waals surface area contributed by atoms with Crippen LogP contribution in [0.2, 0.25) is 0 Å². The van der Waals surface area contributed by atoms with Gasteiger partial charge in [0.25, 0.3) is 0 Å². The van der Waals surface area contributed by atoms with Crippen LogP contribution in [-0.2, 0) is 11.8 Å². The molecule has 2 atom stereocenters. The molecular weight excluding hydrogens is 336 g/mol. The topological polar surface area (TPSA) is 0 Å². The molecule has 0 nitrogen and oxygen atoms in total. The van der Waals surface area contributed by atoms with Crippen LogP contribution in [0.3, 0.4) is 0 Å². The summed E-state index contributed by atoms with van der Waals surface area (Å²) in [6.45, 7) is 3.95. The normalized spacial score (nSPS) is 25.4. The average Bonchev–Trinajstić information content (AvgIpc) is 3.41. The van der Waals surface area contributed by atoms with Gasteiger partial charge in [-0.1, -0.05) is 85.0 Å². The molecule has 3 aliphatic rings. The molecule has 0 N–H and O–H groups in total. The zero-order chi connectivity index (χ0) is 19.0. The molecule has 0 bridgehead atoms. The van der Waals surface area contributed by atoms with E-state index in [9.17, 15) is 0 Å². The second kappa shape index (κ2) is 7.09. The van der Waals surface area contributed by atoms with Crippen LogP contribution in [0, 0.1) is 5.92 Å². The molecule has 0 spiro atoms. The molecule has 5 rings (SSSR count). The van der Waals surface area contributed by atoms with E-state index in [1.165, 1.54) is 36.0 Å². The summed E-state index contributed by atoms with van der Waals surface area (Å²) in [5.41, 5.74) is 7.73. The summed E-state index contributed by atoms with van der Waals surface area (Å²) in [6.07, 6.45) is 19.9. The van der Waals surface area contributed by atoms with Gasteiger partial charge in [0.15, 0.2) is 0 Å². The highest BCUT2D eigenvalue weighted by molar-refractivity contribution is 5.76. The Morgan fingerprint density at radius 1 is 1.00 bits per heavy atom. The predicted molar refractivity (Wildman–Crippen MR) is 119 cm³/mol. The highest BCUT2D eigenvalue weighted by Gasteiger charge is 2.49. The van der Waals surface area contributed by atoms with Gasteiger partial charge in [0.2, 0.25) is 0 Å². The van der Waals surface area contributed by atoms with E-state index >= 15 is 0 Å². The smallest absolute Gasteiger partial charge is 0.0157 e. The van der Waals surface area contributed by atoms with Gasteiger partial charge in [-0.2, -0.15) is 0 Å². The Labute approximate surface area is 169 Å². The molecule has 2 aromatic carbocycles. The van der Waals surface area contributed by atoms with Crippen LogP contribution in [-0.4, -0.2) is 0 Å². The van der Waals surface area contributed by atoms with E-state index in [-0.39, 0.29) is 5.41 Å². The lowest BCUT2D eigenvalue weighted by molar-refractivity contribution is 0.280. The third kappa shape index (κ3) is 2.58. The zero-order valence-electron chi connectivity index (χ0n) is 16.5. The lowest BCUT2D eigenvalue weighted by atomic mass is 9.56. The van der Waals surface area contributed by atoms with E-state index in [1.807, 2.05) is 6.08 Å². The Bertz CT molecular complexity index is 975. The first-order valence-electron chi connectivity index (χ1n) is 10.7. The van der Waals surface area contributed by atoms with E-state index in [4.69, 9.17) is 0 Å². The van der Waals surface area contributed by atoms with E-state index < -0.39 is 0 Å². The van der Waals surface area contributed by atoms with Gasteiger partial charge in [-0.15, -0.1) is 6.58 Å². The van der Waals surface area contributed by atoms with Crippen molar-refractivity contribution in [3.63, 3.8) is 0 Å². The average molecular weight is 365 g/mol. The second-order valence-electron chi connectivity index (χ2n) is 8.43. The van der Waals surface area contributed by atoms with Crippen molar-refractivity contribution < 1.29 is 0 Å². The fraction of sp³-hybridized carbons (Fsp3) is 0.286. The maximum atomic E-state index is 3.95.